The minimum absolute atomic E-state index is 0.00852. The molecule has 0 saturated carbocycles. The standard InChI is InChI=1S/C11H15BrN2O/c1-3-13-11(15)7-14-9-5-4-8(2)10(12)6-9/h4-6,14H,3,7H2,1-2H3,(H,13,15). The number of rotatable bonds is 4. The van der Waals surface area contributed by atoms with E-state index in [4.69, 9.17) is 0 Å². The summed E-state index contributed by atoms with van der Waals surface area (Å²) in [6, 6.07) is 5.93. The summed E-state index contributed by atoms with van der Waals surface area (Å²) in [5, 5.41) is 5.78. The van der Waals surface area contributed by atoms with Crippen molar-refractivity contribution in [2.75, 3.05) is 18.4 Å². The summed E-state index contributed by atoms with van der Waals surface area (Å²) < 4.78 is 1.04. The number of nitrogens with one attached hydrogen (secondary N) is 2. The van der Waals surface area contributed by atoms with Gasteiger partial charge in [0.25, 0.3) is 0 Å². The summed E-state index contributed by atoms with van der Waals surface area (Å²) in [6.45, 7) is 4.90. The van der Waals surface area contributed by atoms with Crippen molar-refractivity contribution >= 4 is 27.5 Å². The lowest BCUT2D eigenvalue weighted by Crippen LogP contribution is -2.29. The second kappa shape index (κ2) is 5.75. The molecule has 0 aliphatic carbocycles. The van der Waals surface area contributed by atoms with Crippen molar-refractivity contribution in [2.45, 2.75) is 13.8 Å². The Hall–Kier alpha value is -1.03. The number of halogens is 1. The number of carbonyl (C=O) groups excluding carboxylic acids is 1. The molecule has 0 unspecified atom stereocenters. The molecule has 0 bridgehead atoms. The molecule has 3 nitrogen and oxygen atoms in total. The van der Waals surface area contributed by atoms with Crippen molar-refractivity contribution < 1.29 is 4.79 Å². The lowest BCUT2D eigenvalue weighted by molar-refractivity contribution is -0.119. The van der Waals surface area contributed by atoms with E-state index in [1.165, 1.54) is 5.56 Å². The number of amides is 1. The second-order valence-corrected chi connectivity index (χ2v) is 4.13. The van der Waals surface area contributed by atoms with Crippen LogP contribution in [0.15, 0.2) is 22.7 Å². The van der Waals surface area contributed by atoms with Gasteiger partial charge in [0.05, 0.1) is 6.54 Å². The van der Waals surface area contributed by atoms with Crippen LogP contribution in [0, 0.1) is 6.92 Å². The molecule has 0 saturated heterocycles. The maximum absolute atomic E-state index is 11.2. The minimum Gasteiger partial charge on any atom is -0.376 e. The first-order valence-electron chi connectivity index (χ1n) is 4.90. The average molecular weight is 271 g/mol. The molecule has 0 heterocycles. The van der Waals surface area contributed by atoms with Crippen molar-refractivity contribution in [3.05, 3.63) is 28.2 Å². The third-order valence-electron chi connectivity index (χ3n) is 2.00. The number of aryl methyl sites for hydroxylation is 1. The predicted molar refractivity (Wildman–Crippen MR) is 66.1 cm³/mol. The Bertz CT molecular complexity index is 352. The average Bonchev–Trinajstić information content (AvgIpc) is 2.20. The Kier molecular flexibility index (Phi) is 4.62. The molecule has 0 aliphatic rings. The highest BCUT2D eigenvalue weighted by Gasteiger charge is 2.00. The van der Waals surface area contributed by atoms with Crippen molar-refractivity contribution in [2.24, 2.45) is 0 Å². The van der Waals surface area contributed by atoms with Gasteiger partial charge in [0.2, 0.25) is 5.91 Å². The van der Waals surface area contributed by atoms with Crippen LogP contribution in [0.4, 0.5) is 5.69 Å². The van der Waals surface area contributed by atoms with Gasteiger partial charge in [-0.25, -0.2) is 0 Å². The van der Waals surface area contributed by atoms with E-state index in [0.29, 0.717) is 13.1 Å². The van der Waals surface area contributed by atoms with Crippen LogP contribution in [0.3, 0.4) is 0 Å². The molecular weight excluding hydrogens is 256 g/mol. The van der Waals surface area contributed by atoms with Crippen LogP contribution >= 0.6 is 15.9 Å². The largest absolute Gasteiger partial charge is 0.376 e. The van der Waals surface area contributed by atoms with Crippen molar-refractivity contribution in [3.63, 3.8) is 0 Å². The Morgan fingerprint density at radius 3 is 2.80 bits per heavy atom. The van der Waals surface area contributed by atoms with Gasteiger partial charge in [-0.05, 0) is 31.5 Å². The van der Waals surface area contributed by atoms with E-state index in [9.17, 15) is 4.79 Å². The van der Waals surface area contributed by atoms with Crippen molar-refractivity contribution in [1.82, 2.24) is 5.32 Å². The lowest BCUT2D eigenvalue weighted by Gasteiger charge is -2.07. The van der Waals surface area contributed by atoms with E-state index in [1.807, 2.05) is 32.0 Å². The summed E-state index contributed by atoms with van der Waals surface area (Å²) in [4.78, 5) is 11.2. The summed E-state index contributed by atoms with van der Waals surface area (Å²) in [7, 11) is 0. The highest BCUT2D eigenvalue weighted by atomic mass is 79.9. The van der Waals surface area contributed by atoms with E-state index < -0.39 is 0 Å². The van der Waals surface area contributed by atoms with Gasteiger partial charge in [0.15, 0.2) is 0 Å². The number of hydrogen-bond donors (Lipinski definition) is 2. The van der Waals surface area contributed by atoms with Crippen LogP contribution in [-0.2, 0) is 4.79 Å². The topological polar surface area (TPSA) is 41.1 Å². The molecule has 1 rings (SSSR count). The summed E-state index contributed by atoms with van der Waals surface area (Å²) in [5.74, 6) is 0.00852. The van der Waals surface area contributed by atoms with Gasteiger partial charge in [-0.3, -0.25) is 4.79 Å². The Labute approximate surface area is 98.4 Å². The third kappa shape index (κ3) is 3.91. The molecule has 1 aromatic carbocycles. The number of anilines is 1. The summed E-state index contributed by atoms with van der Waals surface area (Å²) in [5.41, 5.74) is 2.12. The zero-order valence-corrected chi connectivity index (χ0v) is 10.5. The van der Waals surface area contributed by atoms with Gasteiger partial charge in [0, 0.05) is 16.7 Å². The van der Waals surface area contributed by atoms with E-state index in [0.717, 1.165) is 10.2 Å². The molecule has 0 radical (unpaired) electrons. The van der Waals surface area contributed by atoms with Crippen LogP contribution in [0.25, 0.3) is 0 Å². The molecule has 0 spiro atoms. The second-order valence-electron chi connectivity index (χ2n) is 3.27. The number of benzene rings is 1. The van der Waals surface area contributed by atoms with Crippen molar-refractivity contribution in [3.8, 4) is 0 Å². The van der Waals surface area contributed by atoms with Gasteiger partial charge >= 0.3 is 0 Å². The highest BCUT2D eigenvalue weighted by molar-refractivity contribution is 9.10. The molecule has 15 heavy (non-hydrogen) atoms. The molecule has 0 atom stereocenters. The normalized spacial score (nSPS) is 9.80. The van der Waals surface area contributed by atoms with Gasteiger partial charge in [0.1, 0.15) is 0 Å². The fraction of sp³-hybridized carbons (Fsp3) is 0.364. The number of hydrogen-bond acceptors (Lipinski definition) is 2. The van der Waals surface area contributed by atoms with Crippen LogP contribution in [0.1, 0.15) is 12.5 Å². The molecule has 0 aromatic heterocycles. The van der Waals surface area contributed by atoms with Gasteiger partial charge in [-0.2, -0.15) is 0 Å². The maximum Gasteiger partial charge on any atom is 0.239 e. The number of likely N-dealkylation sites (N-methyl/N-ethyl adjacent to an activating group) is 1. The maximum atomic E-state index is 11.2. The molecule has 0 aliphatic heterocycles. The van der Waals surface area contributed by atoms with E-state index in [-0.39, 0.29) is 5.91 Å². The summed E-state index contributed by atoms with van der Waals surface area (Å²) >= 11 is 3.44. The Morgan fingerprint density at radius 1 is 1.47 bits per heavy atom. The van der Waals surface area contributed by atoms with Gasteiger partial charge < -0.3 is 10.6 Å². The van der Waals surface area contributed by atoms with E-state index in [2.05, 4.69) is 26.6 Å². The van der Waals surface area contributed by atoms with E-state index in [1.54, 1.807) is 0 Å². The quantitative estimate of drug-likeness (QED) is 0.882. The molecular formula is C11H15BrN2O. The van der Waals surface area contributed by atoms with Crippen LogP contribution in [-0.4, -0.2) is 19.0 Å². The SMILES string of the molecule is CCNC(=O)CNc1ccc(C)c(Br)c1. The van der Waals surface area contributed by atoms with Crippen molar-refractivity contribution in [1.29, 1.82) is 0 Å². The third-order valence-corrected chi connectivity index (χ3v) is 2.85. The first-order valence-corrected chi connectivity index (χ1v) is 5.69. The predicted octanol–water partition coefficient (Wildman–Crippen LogP) is 2.31. The fourth-order valence-corrected chi connectivity index (χ4v) is 1.52. The molecule has 82 valence electrons. The summed E-state index contributed by atoms with van der Waals surface area (Å²) in [6.07, 6.45) is 0. The molecule has 1 aromatic rings. The van der Waals surface area contributed by atoms with Crippen LogP contribution in [0.5, 0.6) is 0 Å². The monoisotopic (exact) mass is 270 g/mol. The van der Waals surface area contributed by atoms with E-state index >= 15 is 0 Å². The number of carbonyl (C=O) groups is 1. The first-order chi connectivity index (χ1) is 7.13. The Balaban J connectivity index is 2.51. The molecule has 2 N–H and O–H groups in total. The fourth-order valence-electron chi connectivity index (χ4n) is 1.14. The lowest BCUT2D eigenvalue weighted by atomic mass is 10.2. The van der Waals surface area contributed by atoms with Gasteiger partial charge in [-0.1, -0.05) is 22.0 Å². The zero-order valence-electron chi connectivity index (χ0n) is 8.93. The van der Waals surface area contributed by atoms with Crippen LogP contribution in [0.2, 0.25) is 0 Å². The molecule has 4 heteroatoms. The minimum atomic E-state index is 0.00852. The van der Waals surface area contributed by atoms with Gasteiger partial charge in [-0.15, -0.1) is 0 Å². The Morgan fingerprint density at radius 2 is 2.20 bits per heavy atom. The highest BCUT2D eigenvalue weighted by Crippen LogP contribution is 2.20. The molecule has 0 fully saturated rings. The van der Waals surface area contributed by atoms with Crippen LogP contribution < -0.4 is 10.6 Å². The smallest absolute Gasteiger partial charge is 0.239 e. The molecule has 1 amide bonds. The zero-order chi connectivity index (χ0) is 11.3. The first kappa shape index (κ1) is 12.0.